The molecule has 23 heavy (non-hydrogen) atoms. The summed E-state index contributed by atoms with van der Waals surface area (Å²) >= 11 is 0. The maximum Gasteiger partial charge on any atom is 0.224 e. The lowest BCUT2D eigenvalue weighted by Gasteiger charge is -2.36. The summed E-state index contributed by atoms with van der Waals surface area (Å²) in [5.41, 5.74) is 1.21. The van der Waals surface area contributed by atoms with E-state index >= 15 is 0 Å². The maximum absolute atomic E-state index is 12.4. The number of rotatable bonds is 5. The highest BCUT2D eigenvalue weighted by atomic mass is 16.2. The van der Waals surface area contributed by atoms with Gasteiger partial charge >= 0.3 is 0 Å². The quantitative estimate of drug-likeness (QED) is 0.834. The predicted molar refractivity (Wildman–Crippen MR) is 92.4 cm³/mol. The smallest absolute Gasteiger partial charge is 0.224 e. The molecule has 0 unspecified atom stereocenters. The Labute approximate surface area is 138 Å². The van der Waals surface area contributed by atoms with Gasteiger partial charge in [0.25, 0.3) is 0 Å². The van der Waals surface area contributed by atoms with Gasteiger partial charge in [0, 0.05) is 57.8 Å². The fraction of sp³-hybridized carbons (Fsp3) is 0.556. The standard InChI is InChI=1S/C18H27N3O2/c1-15(2)21(16(3)22)10-9-18(23)20-13-11-19(12-14-20)17-7-5-4-6-8-17/h4-8,15H,9-14H2,1-3H3. The number of para-hydroxylation sites is 1. The Morgan fingerprint density at radius 3 is 2.22 bits per heavy atom. The fourth-order valence-corrected chi connectivity index (χ4v) is 3.01. The monoisotopic (exact) mass is 317 g/mol. The van der Waals surface area contributed by atoms with Gasteiger partial charge in [0.05, 0.1) is 0 Å². The summed E-state index contributed by atoms with van der Waals surface area (Å²) in [5, 5.41) is 0. The molecule has 1 fully saturated rings. The summed E-state index contributed by atoms with van der Waals surface area (Å²) < 4.78 is 0. The first kappa shape index (κ1) is 17.3. The molecule has 1 aliphatic rings. The molecule has 0 radical (unpaired) electrons. The number of hydrogen-bond donors (Lipinski definition) is 0. The van der Waals surface area contributed by atoms with Gasteiger partial charge in [-0.3, -0.25) is 9.59 Å². The molecule has 1 saturated heterocycles. The molecule has 126 valence electrons. The van der Waals surface area contributed by atoms with Gasteiger partial charge < -0.3 is 14.7 Å². The van der Waals surface area contributed by atoms with Crippen LogP contribution in [0.15, 0.2) is 30.3 Å². The second-order valence-corrected chi connectivity index (χ2v) is 6.26. The third-order valence-corrected chi connectivity index (χ3v) is 4.35. The summed E-state index contributed by atoms with van der Waals surface area (Å²) in [6, 6.07) is 10.4. The van der Waals surface area contributed by atoms with Crippen LogP contribution >= 0.6 is 0 Å². The van der Waals surface area contributed by atoms with Crippen molar-refractivity contribution in [3.05, 3.63) is 30.3 Å². The topological polar surface area (TPSA) is 43.9 Å². The average Bonchev–Trinajstić information content (AvgIpc) is 2.55. The number of carbonyl (C=O) groups excluding carboxylic acids is 2. The summed E-state index contributed by atoms with van der Waals surface area (Å²) in [5.74, 6) is 0.173. The molecule has 2 rings (SSSR count). The van der Waals surface area contributed by atoms with E-state index in [1.165, 1.54) is 5.69 Å². The van der Waals surface area contributed by atoms with Gasteiger partial charge in [-0.25, -0.2) is 0 Å². The third-order valence-electron chi connectivity index (χ3n) is 4.35. The van der Waals surface area contributed by atoms with Crippen LogP contribution in [0.5, 0.6) is 0 Å². The Morgan fingerprint density at radius 2 is 1.70 bits per heavy atom. The highest BCUT2D eigenvalue weighted by Crippen LogP contribution is 2.16. The lowest BCUT2D eigenvalue weighted by Crippen LogP contribution is -2.49. The molecule has 0 saturated carbocycles. The van der Waals surface area contributed by atoms with E-state index in [0.717, 1.165) is 26.2 Å². The summed E-state index contributed by atoms with van der Waals surface area (Å²) in [6.45, 7) is 9.22. The number of amides is 2. The van der Waals surface area contributed by atoms with E-state index < -0.39 is 0 Å². The van der Waals surface area contributed by atoms with Crippen molar-refractivity contribution in [3.63, 3.8) is 0 Å². The van der Waals surface area contributed by atoms with Crippen molar-refractivity contribution in [2.75, 3.05) is 37.6 Å². The van der Waals surface area contributed by atoms with Gasteiger partial charge in [-0.05, 0) is 26.0 Å². The van der Waals surface area contributed by atoms with Crippen molar-refractivity contribution in [2.45, 2.75) is 33.2 Å². The lowest BCUT2D eigenvalue weighted by molar-refractivity contribution is -0.134. The molecule has 0 bridgehead atoms. The van der Waals surface area contributed by atoms with Crippen molar-refractivity contribution in [1.29, 1.82) is 0 Å². The van der Waals surface area contributed by atoms with Crippen molar-refractivity contribution < 1.29 is 9.59 Å². The van der Waals surface area contributed by atoms with E-state index in [2.05, 4.69) is 17.0 Å². The van der Waals surface area contributed by atoms with Crippen molar-refractivity contribution >= 4 is 17.5 Å². The Balaban J connectivity index is 1.81. The van der Waals surface area contributed by atoms with Crippen LogP contribution in [0.3, 0.4) is 0 Å². The van der Waals surface area contributed by atoms with Gasteiger partial charge in [0.15, 0.2) is 0 Å². The van der Waals surface area contributed by atoms with E-state index in [0.29, 0.717) is 13.0 Å². The summed E-state index contributed by atoms with van der Waals surface area (Å²) in [6.07, 6.45) is 0.406. The molecule has 1 heterocycles. The molecular weight excluding hydrogens is 290 g/mol. The van der Waals surface area contributed by atoms with Gasteiger partial charge in [0.1, 0.15) is 0 Å². The number of nitrogens with zero attached hydrogens (tertiary/aromatic N) is 3. The maximum atomic E-state index is 12.4. The zero-order chi connectivity index (χ0) is 16.8. The normalized spacial score (nSPS) is 15.0. The Kier molecular flexibility index (Phi) is 6.02. The van der Waals surface area contributed by atoms with Crippen molar-refractivity contribution in [1.82, 2.24) is 9.80 Å². The summed E-state index contributed by atoms with van der Waals surface area (Å²) in [7, 11) is 0. The number of benzene rings is 1. The van der Waals surface area contributed by atoms with Crippen LogP contribution in [0.2, 0.25) is 0 Å². The minimum atomic E-state index is 0.0293. The molecule has 1 aromatic carbocycles. The van der Waals surface area contributed by atoms with Gasteiger partial charge in [-0.2, -0.15) is 0 Å². The number of hydrogen-bond acceptors (Lipinski definition) is 3. The summed E-state index contributed by atoms with van der Waals surface area (Å²) in [4.78, 5) is 29.9. The molecular formula is C18H27N3O2. The second kappa shape index (κ2) is 7.99. The third kappa shape index (κ3) is 4.71. The molecule has 0 aromatic heterocycles. The first-order chi connectivity index (χ1) is 11.0. The molecule has 1 aliphatic heterocycles. The van der Waals surface area contributed by atoms with Crippen LogP contribution < -0.4 is 4.90 Å². The van der Waals surface area contributed by atoms with E-state index in [4.69, 9.17) is 0 Å². The molecule has 0 aliphatic carbocycles. The number of carbonyl (C=O) groups is 2. The SMILES string of the molecule is CC(=O)N(CCC(=O)N1CCN(c2ccccc2)CC1)C(C)C. The number of piperazine rings is 1. The van der Waals surface area contributed by atoms with E-state index in [-0.39, 0.29) is 17.9 Å². The van der Waals surface area contributed by atoms with Gasteiger partial charge in [-0.15, -0.1) is 0 Å². The number of anilines is 1. The van der Waals surface area contributed by atoms with Crippen LogP contribution in [0.4, 0.5) is 5.69 Å². The second-order valence-electron chi connectivity index (χ2n) is 6.26. The van der Waals surface area contributed by atoms with Gasteiger partial charge in [-0.1, -0.05) is 18.2 Å². The van der Waals surface area contributed by atoms with E-state index in [9.17, 15) is 9.59 Å². The first-order valence-electron chi connectivity index (χ1n) is 8.34. The van der Waals surface area contributed by atoms with Crippen LogP contribution in [-0.4, -0.2) is 60.4 Å². The largest absolute Gasteiger partial charge is 0.368 e. The average molecular weight is 317 g/mol. The van der Waals surface area contributed by atoms with Crippen LogP contribution in [-0.2, 0) is 9.59 Å². The minimum absolute atomic E-state index is 0.0293. The predicted octanol–water partition coefficient (Wildman–Crippen LogP) is 1.98. The van der Waals surface area contributed by atoms with Crippen LogP contribution in [0.1, 0.15) is 27.2 Å². The highest BCUT2D eigenvalue weighted by Gasteiger charge is 2.22. The lowest BCUT2D eigenvalue weighted by atomic mass is 10.2. The van der Waals surface area contributed by atoms with Crippen LogP contribution in [0.25, 0.3) is 0 Å². The van der Waals surface area contributed by atoms with E-state index in [1.807, 2.05) is 36.9 Å². The van der Waals surface area contributed by atoms with Gasteiger partial charge in [0.2, 0.25) is 11.8 Å². The zero-order valence-corrected chi connectivity index (χ0v) is 14.4. The molecule has 1 aromatic rings. The van der Waals surface area contributed by atoms with Crippen LogP contribution in [0, 0.1) is 0 Å². The van der Waals surface area contributed by atoms with Crippen molar-refractivity contribution in [3.8, 4) is 0 Å². The molecule has 5 heteroatoms. The zero-order valence-electron chi connectivity index (χ0n) is 14.4. The highest BCUT2D eigenvalue weighted by molar-refractivity contribution is 5.78. The minimum Gasteiger partial charge on any atom is -0.368 e. The first-order valence-corrected chi connectivity index (χ1v) is 8.34. The Morgan fingerprint density at radius 1 is 1.09 bits per heavy atom. The fourth-order valence-electron chi connectivity index (χ4n) is 3.01. The Hall–Kier alpha value is -2.04. The molecule has 0 spiro atoms. The molecule has 2 amide bonds. The molecule has 0 atom stereocenters. The molecule has 0 N–H and O–H groups in total. The molecule has 5 nitrogen and oxygen atoms in total. The Bertz CT molecular complexity index is 522. The van der Waals surface area contributed by atoms with Crippen molar-refractivity contribution in [2.24, 2.45) is 0 Å². The van der Waals surface area contributed by atoms with E-state index in [1.54, 1.807) is 11.8 Å².